The molecule has 0 saturated carbocycles. The molecule has 37 heavy (non-hydrogen) atoms. The summed E-state index contributed by atoms with van der Waals surface area (Å²) in [5.74, 6) is 0.346. The average Bonchev–Trinajstić information content (AvgIpc) is 3.17. The summed E-state index contributed by atoms with van der Waals surface area (Å²) >= 11 is 7.70. The predicted octanol–water partition coefficient (Wildman–Crippen LogP) is 4.33. The highest BCUT2D eigenvalue weighted by Crippen LogP contribution is 2.37. The molecule has 1 atom stereocenters. The smallest absolute Gasteiger partial charge is 0.338 e. The highest BCUT2D eigenvalue weighted by atomic mass is 35.5. The number of thiazole rings is 1. The van der Waals surface area contributed by atoms with E-state index in [1.54, 1.807) is 42.7 Å². The number of benzene rings is 2. The maximum Gasteiger partial charge on any atom is 0.338 e. The summed E-state index contributed by atoms with van der Waals surface area (Å²) in [5, 5.41) is 0.346. The summed E-state index contributed by atoms with van der Waals surface area (Å²) in [6.45, 7) is 9.63. The Hall–Kier alpha value is -3.62. The first kappa shape index (κ1) is 26.4. The van der Waals surface area contributed by atoms with E-state index in [1.807, 2.05) is 31.2 Å². The Balaban J connectivity index is 1.90. The van der Waals surface area contributed by atoms with E-state index >= 15 is 0 Å². The highest BCUT2D eigenvalue weighted by Gasteiger charge is 2.33. The lowest BCUT2D eigenvalue weighted by Gasteiger charge is -2.24. The number of hydrogen-bond donors (Lipinski definition) is 0. The number of hydrogen-bond acceptors (Lipinski definition) is 7. The van der Waals surface area contributed by atoms with E-state index in [9.17, 15) is 9.59 Å². The van der Waals surface area contributed by atoms with Crippen molar-refractivity contribution >= 4 is 35.0 Å². The molecule has 0 spiro atoms. The number of esters is 1. The molecule has 3 aromatic rings. The van der Waals surface area contributed by atoms with Crippen LogP contribution in [0.4, 0.5) is 0 Å². The standard InChI is InChI=1S/C28H27ClN2O5S/c1-6-12-36-25-20(29)13-18(14-21(25)34-5)15-22-26(32)31-24(19-10-8-16(3)9-11-19)23(27(33)35-7-2)17(4)30-28(31)37-22/h6,8-11,13-15,24H,1,7,12H2,2-5H3/b22-15+/t24-/m0/s1. The van der Waals surface area contributed by atoms with Crippen LogP contribution in [0.25, 0.3) is 6.08 Å². The monoisotopic (exact) mass is 538 g/mol. The van der Waals surface area contributed by atoms with Crippen molar-refractivity contribution in [2.75, 3.05) is 20.3 Å². The number of nitrogens with zero attached hydrogens (tertiary/aromatic N) is 2. The summed E-state index contributed by atoms with van der Waals surface area (Å²) in [4.78, 5) is 31.8. The Kier molecular flexibility index (Phi) is 8.00. The van der Waals surface area contributed by atoms with Crippen molar-refractivity contribution in [3.8, 4) is 11.5 Å². The number of fused-ring (bicyclic) bond motifs is 1. The molecule has 1 aromatic heterocycles. The summed E-state index contributed by atoms with van der Waals surface area (Å²) in [6.07, 6.45) is 3.34. The highest BCUT2D eigenvalue weighted by molar-refractivity contribution is 7.07. The van der Waals surface area contributed by atoms with Crippen molar-refractivity contribution < 1.29 is 19.0 Å². The fraction of sp³-hybridized carbons (Fsp3) is 0.250. The molecule has 0 unspecified atom stereocenters. The van der Waals surface area contributed by atoms with Crippen molar-refractivity contribution in [3.63, 3.8) is 0 Å². The van der Waals surface area contributed by atoms with E-state index in [0.29, 0.717) is 42.7 Å². The molecule has 7 nitrogen and oxygen atoms in total. The molecule has 0 fully saturated rings. The topological polar surface area (TPSA) is 79.1 Å². The third-order valence-electron chi connectivity index (χ3n) is 5.81. The summed E-state index contributed by atoms with van der Waals surface area (Å²) in [7, 11) is 1.52. The number of methoxy groups -OCH3 is 1. The van der Waals surface area contributed by atoms with Gasteiger partial charge in [0.15, 0.2) is 16.3 Å². The van der Waals surface area contributed by atoms with Gasteiger partial charge in [0, 0.05) is 0 Å². The van der Waals surface area contributed by atoms with Gasteiger partial charge in [-0.2, -0.15) is 0 Å². The number of rotatable bonds is 8. The van der Waals surface area contributed by atoms with Crippen molar-refractivity contribution in [1.82, 2.24) is 4.57 Å². The minimum atomic E-state index is -0.661. The van der Waals surface area contributed by atoms with Gasteiger partial charge in [-0.3, -0.25) is 9.36 Å². The zero-order chi connectivity index (χ0) is 26.7. The van der Waals surface area contributed by atoms with Gasteiger partial charge in [0.05, 0.1) is 40.6 Å². The van der Waals surface area contributed by atoms with Crippen molar-refractivity contribution in [1.29, 1.82) is 0 Å². The van der Waals surface area contributed by atoms with Gasteiger partial charge in [-0.1, -0.05) is 65.4 Å². The molecule has 4 rings (SSSR count). The van der Waals surface area contributed by atoms with Crippen LogP contribution in [0.3, 0.4) is 0 Å². The minimum Gasteiger partial charge on any atom is -0.493 e. The molecule has 0 amide bonds. The predicted molar refractivity (Wildman–Crippen MR) is 145 cm³/mol. The lowest BCUT2D eigenvalue weighted by atomic mass is 9.95. The van der Waals surface area contributed by atoms with Crippen molar-refractivity contribution in [3.05, 3.63) is 102 Å². The fourth-order valence-electron chi connectivity index (χ4n) is 4.11. The Morgan fingerprint density at radius 3 is 2.62 bits per heavy atom. The molecule has 1 aliphatic heterocycles. The van der Waals surface area contributed by atoms with Gasteiger partial charge in [-0.25, -0.2) is 9.79 Å². The number of carbonyl (C=O) groups is 1. The third kappa shape index (κ3) is 5.26. The van der Waals surface area contributed by atoms with Crippen molar-refractivity contribution in [2.24, 2.45) is 4.99 Å². The minimum absolute atomic E-state index is 0.218. The lowest BCUT2D eigenvalue weighted by molar-refractivity contribution is -0.139. The fourth-order valence-corrected chi connectivity index (χ4v) is 5.43. The zero-order valence-electron chi connectivity index (χ0n) is 21.0. The number of ether oxygens (including phenoxy) is 3. The number of halogens is 1. The number of aromatic nitrogens is 1. The van der Waals surface area contributed by atoms with Crippen LogP contribution in [0.5, 0.6) is 11.5 Å². The van der Waals surface area contributed by atoms with Crippen LogP contribution in [0.1, 0.15) is 36.6 Å². The van der Waals surface area contributed by atoms with Crippen LogP contribution in [0, 0.1) is 6.92 Å². The van der Waals surface area contributed by atoms with Crippen LogP contribution in [-0.4, -0.2) is 30.9 Å². The lowest BCUT2D eigenvalue weighted by Crippen LogP contribution is -2.39. The quantitative estimate of drug-likeness (QED) is 0.315. The molecule has 1 aliphatic rings. The van der Waals surface area contributed by atoms with Crippen LogP contribution < -0.4 is 24.4 Å². The first-order valence-corrected chi connectivity index (χ1v) is 12.9. The molecule has 2 aromatic carbocycles. The van der Waals surface area contributed by atoms with Gasteiger partial charge in [0.1, 0.15) is 6.61 Å². The van der Waals surface area contributed by atoms with Gasteiger partial charge < -0.3 is 14.2 Å². The first-order valence-electron chi connectivity index (χ1n) is 11.7. The van der Waals surface area contributed by atoms with Gasteiger partial charge in [-0.05, 0) is 50.1 Å². The second-order valence-electron chi connectivity index (χ2n) is 8.35. The van der Waals surface area contributed by atoms with Crippen LogP contribution in [0.2, 0.25) is 5.02 Å². The Morgan fingerprint density at radius 2 is 1.97 bits per heavy atom. The Morgan fingerprint density at radius 1 is 1.24 bits per heavy atom. The van der Waals surface area contributed by atoms with Crippen LogP contribution in [0.15, 0.2) is 70.1 Å². The van der Waals surface area contributed by atoms with E-state index in [1.165, 1.54) is 18.4 Å². The molecule has 0 bridgehead atoms. The summed E-state index contributed by atoms with van der Waals surface area (Å²) in [5.41, 5.74) is 3.12. The van der Waals surface area contributed by atoms with Gasteiger partial charge in [-0.15, -0.1) is 0 Å². The first-order chi connectivity index (χ1) is 17.8. The molecular formula is C28H27ClN2O5S. The third-order valence-corrected chi connectivity index (χ3v) is 7.07. The van der Waals surface area contributed by atoms with E-state index in [4.69, 9.17) is 25.8 Å². The molecule has 192 valence electrons. The molecule has 0 aliphatic carbocycles. The molecular weight excluding hydrogens is 512 g/mol. The van der Waals surface area contributed by atoms with Crippen molar-refractivity contribution in [2.45, 2.75) is 26.8 Å². The largest absolute Gasteiger partial charge is 0.493 e. The molecule has 2 heterocycles. The Bertz CT molecular complexity index is 1570. The average molecular weight is 539 g/mol. The number of allylic oxidation sites excluding steroid dienone is 1. The van der Waals surface area contributed by atoms with Gasteiger partial charge in [0.25, 0.3) is 5.56 Å². The second-order valence-corrected chi connectivity index (χ2v) is 9.76. The molecule has 9 heteroatoms. The van der Waals surface area contributed by atoms with Gasteiger partial charge in [0.2, 0.25) is 0 Å². The van der Waals surface area contributed by atoms with E-state index in [0.717, 1.165) is 11.1 Å². The zero-order valence-corrected chi connectivity index (χ0v) is 22.6. The SMILES string of the molecule is C=CCOc1c(Cl)cc(/C=c2/sc3n(c2=O)[C@@H](c2ccc(C)cc2)C(C(=O)OCC)=C(C)N=3)cc1OC. The van der Waals surface area contributed by atoms with Crippen LogP contribution in [-0.2, 0) is 9.53 Å². The number of aryl methyl sites for hydroxylation is 1. The molecule has 0 saturated heterocycles. The van der Waals surface area contributed by atoms with E-state index < -0.39 is 12.0 Å². The molecule has 0 radical (unpaired) electrons. The number of carbonyl (C=O) groups excluding carboxylic acids is 1. The second kappa shape index (κ2) is 11.2. The maximum absolute atomic E-state index is 13.8. The van der Waals surface area contributed by atoms with E-state index in [2.05, 4.69) is 11.6 Å². The van der Waals surface area contributed by atoms with Crippen LogP contribution >= 0.6 is 22.9 Å². The normalized spacial score (nSPS) is 15.2. The van der Waals surface area contributed by atoms with E-state index in [-0.39, 0.29) is 18.8 Å². The van der Waals surface area contributed by atoms with Gasteiger partial charge >= 0.3 is 5.97 Å². The summed E-state index contributed by atoms with van der Waals surface area (Å²) in [6, 6.07) is 10.5. The summed E-state index contributed by atoms with van der Waals surface area (Å²) < 4.78 is 18.4. The molecule has 0 N–H and O–H groups in total. The Labute approximate surface area is 223 Å². The maximum atomic E-state index is 13.8.